The quantitative estimate of drug-likeness (QED) is 0.343. The van der Waals surface area contributed by atoms with Crippen molar-refractivity contribution in [3.8, 4) is 11.5 Å². The average molecular weight is 606 g/mol. The van der Waals surface area contributed by atoms with Gasteiger partial charge < -0.3 is 19.7 Å². The van der Waals surface area contributed by atoms with E-state index in [2.05, 4.69) is 5.32 Å². The van der Waals surface area contributed by atoms with Crippen molar-refractivity contribution in [3.63, 3.8) is 0 Å². The minimum atomic E-state index is -3.88. The fourth-order valence-corrected chi connectivity index (χ4v) is 6.60. The van der Waals surface area contributed by atoms with Gasteiger partial charge in [0.1, 0.15) is 12.6 Å². The van der Waals surface area contributed by atoms with Gasteiger partial charge in [0.2, 0.25) is 28.6 Å². The number of ether oxygens (including phenoxy) is 2. The first-order valence-corrected chi connectivity index (χ1v) is 16.6. The summed E-state index contributed by atoms with van der Waals surface area (Å²) in [6.45, 7) is 1.68. The molecule has 1 fully saturated rings. The number of sulfonamides is 1. The standard InChI is InChI=1S/C33H39N3O6S/c1-24-10-9-13-26(18-24)21-35(29(19-25-11-5-3-6-12-25)33(38)34-27-14-7-4-8-15-27)32(37)22-36(43(2,39)40)28-16-17-30-31(20-28)42-23-41-30/h3,5-6,9-13,16-18,20,27,29H,4,7-8,14-15,19,21-23H2,1-2H3,(H,34,38)/t29-/m1/s1. The first-order chi connectivity index (χ1) is 20.7. The highest BCUT2D eigenvalue weighted by atomic mass is 32.2. The van der Waals surface area contributed by atoms with Crippen LogP contribution in [0.25, 0.3) is 0 Å². The second-order valence-electron chi connectivity index (χ2n) is 11.4. The van der Waals surface area contributed by atoms with Crippen LogP contribution in [0.1, 0.15) is 48.8 Å². The number of rotatable bonds is 11. The number of carbonyl (C=O) groups is 2. The Kier molecular flexibility index (Phi) is 9.55. The van der Waals surface area contributed by atoms with Gasteiger partial charge in [-0.2, -0.15) is 0 Å². The lowest BCUT2D eigenvalue weighted by Crippen LogP contribution is -2.55. The number of anilines is 1. The summed E-state index contributed by atoms with van der Waals surface area (Å²) in [5.41, 5.74) is 3.06. The van der Waals surface area contributed by atoms with Crippen LogP contribution in [0.15, 0.2) is 72.8 Å². The maximum atomic E-state index is 14.3. The number of nitrogens with zero attached hydrogens (tertiary/aromatic N) is 2. The molecule has 1 N–H and O–H groups in total. The molecule has 1 atom stereocenters. The van der Waals surface area contributed by atoms with E-state index < -0.39 is 28.5 Å². The molecule has 1 aliphatic heterocycles. The molecular weight excluding hydrogens is 566 g/mol. The topological polar surface area (TPSA) is 105 Å². The molecule has 1 saturated carbocycles. The van der Waals surface area contributed by atoms with Gasteiger partial charge in [-0.15, -0.1) is 0 Å². The molecule has 0 aromatic heterocycles. The molecule has 1 heterocycles. The third-order valence-electron chi connectivity index (χ3n) is 7.98. The summed E-state index contributed by atoms with van der Waals surface area (Å²) in [4.78, 5) is 29.9. The van der Waals surface area contributed by atoms with Gasteiger partial charge in [0.15, 0.2) is 11.5 Å². The summed E-state index contributed by atoms with van der Waals surface area (Å²) >= 11 is 0. The predicted octanol–water partition coefficient (Wildman–Crippen LogP) is 4.58. The summed E-state index contributed by atoms with van der Waals surface area (Å²) < 4.78 is 38.0. The van der Waals surface area contributed by atoms with Crippen LogP contribution in [0.3, 0.4) is 0 Å². The van der Waals surface area contributed by atoms with Crippen LogP contribution in [-0.2, 0) is 32.6 Å². The van der Waals surface area contributed by atoms with Gasteiger partial charge in [-0.25, -0.2) is 8.42 Å². The van der Waals surface area contributed by atoms with Gasteiger partial charge >= 0.3 is 0 Å². The lowest BCUT2D eigenvalue weighted by atomic mass is 9.94. The van der Waals surface area contributed by atoms with Crippen molar-refractivity contribution < 1.29 is 27.5 Å². The third kappa shape index (κ3) is 7.87. The van der Waals surface area contributed by atoms with Gasteiger partial charge in [0.25, 0.3) is 0 Å². The number of amides is 2. The zero-order valence-electron chi connectivity index (χ0n) is 24.7. The number of hydrogen-bond acceptors (Lipinski definition) is 6. The molecule has 2 amide bonds. The predicted molar refractivity (Wildman–Crippen MR) is 165 cm³/mol. The van der Waals surface area contributed by atoms with Gasteiger partial charge in [0, 0.05) is 25.1 Å². The largest absolute Gasteiger partial charge is 0.454 e. The van der Waals surface area contributed by atoms with Crippen LogP contribution < -0.4 is 19.1 Å². The van der Waals surface area contributed by atoms with E-state index in [0.717, 1.165) is 59.4 Å². The Labute approximate surface area is 253 Å². The molecule has 0 bridgehead atoms. The van der Waals surface area contributed by atoms with Crippen molar-refractivity contribution in [2.75, 3.05) is 23.9 Å². The molecule has 0 spiro atoms. The number of nitrogens with one attached hydrogen (secondary N) is 1. The second-order valence-corrected chi connectivity index (χ2v) is 13.3. The van der Waals surface area contributed by atoms with E-state index in [1.54, 1.807) is 18.2 Å². The SMILES string of the molecule is Cc1cccc(CN(C(=O)CN(c2ccc3c(c2)OCO3)S(C)(=O)=O)[C@H](Cc2ccccc2)C(=O)NC2CCCCC2)c1. The molecule has 0 saturated heterocycles. The molecule has 5 rings (SSSR count). The van der Waals surface area contributed by atoms with Gasteiger partial charge in [-0.1, -0.05) is 79.4 Å². The van der Waals surface area contributed by atoms with E-state index in [1.165, 1.54) is 4.90 Å². The van der Waals surface area contributed by atoms with Crippen molar-refractivity contribution in [2.24, 2.45) is 0 Å². The molecular formula is C33H39N3O6S. The number of benzene rings is 3. The Morgan fingerprint density at radius 2 is 1.63 bits per heavy atom. The van der Waals surface area contributed by atoms with Crippen molar-refractivity contribution in [1.29, 1.82) is 0 Å². The molecule has 10 heteroatoms. The van der Waals surface area contributed by atoms with Gasteiger partial charge in [0.05, 0.1) is 11.9 Å². The normalized spacial score (nSPS) is 15.5. The molecule has 2 aliphatic rings. The Balaban J connectivity index is 1.50. The Bertz CT molecular complexity index is 1540. The molecule has 228 valence electrons. The van der Waals surface area contributed by atoms with Crippen LogP contribution in [0.5, 0.6) is 11.5 Å². The molecule has 1 aliphatic carbocycles. The molecule has 3 aromatic carbocycles. The Morgan fingerprint density at radius 3 is 2.35 bits per heavy atom. The summed E-state index contributed by atoms with van der Waals surface area (Å²) in [6.07, 6.45) is 6.42. The smallest absolute Gasteiger partial charge is 0.244 e. The van der Waals surface area contributed by atoms with Crippen LogP contribution in [0.4, 0.5) is 5.69 Å². The highest BCUT2D eigenvalue weighted by Gasteiger charge is 2.34. The fraction of sp³-hybridized carbons (Fsp3) is 0.394. The Hall–Kier alpha value is -4.05. The summed E-state index contributed by atoms with van der Waals surface area (Å²) in [7, 11) is -3.88. The van der Waals surface area contributed by atoms with Crippen LogP contribution >= 0.6 is 0 Å². The molecule has 0 unspecified atom stereocenters. The van der Waals surface area contributed by atoms with E-state index in [4.69, 9.17) is 9.47 Å². The van der Waals surface area contributed by atoms with Crippen molar-refractivity contribution >= 4 is 27.5 Å². The Morgan fingerprint density at radius 1 is 0.907 bits per heavy atom. The van der Waals surface area contributed by atoms with Gasteiger partial charge in [-0.05, 0) is 43.0 Å². The maximum Gasteiger partial charge on any atom is 0.244 e. The number of carbonyl (C=O) groups excluding carboxylic acids is 2. The zero-order valence-corrected chi connectivity index (χ0v) is 25.5. The average Bonchev–Trinajstić information content (AvgIpc) is 3.46. The molecule has 3 aromatic rings. The molecule has 9 nitrogen and oxygen atoms in total. The minimum absolute atomic E-state index is 0.0398. The zero-order chi connectivity index (χ0) is 30.4. The summed E-state index contributed by atoms with van der Waals surface area (Å²) in [5, 5.41) is 3.22. The molecule has 0 radical (unpaired) electrons. The molecule has 43 heavy (non-hydrogen) atoms. The van der Waals surface area contributed by atoms with Crippen molar-refractivity contribution in [3.05, 3.63) is 89.5 Å². The van der Waals surface area contributed by atoms with Crippen molar-refractivity contribution in [1.82, 2.24) is 10.2 Å². The number of aryl methyl sites for hydroxylation is 1. The van der Waals surface area contributed by atoms with Crippen LogP contribution in [-0.4, -0.2) is 56.8 Å². The second kappa shape index (κ2) is 13.5. The van der Waals surface area contributed by atoms with E-state index in [0.29, 0.717) is 17.9 Å². The van der Waals surface area contributed by atoms with E-state index in [1.807, 2.05) is 61.5 Å². The number of hydrogen-bond donors (Lipinski definition) is 1. The van der Waals surface area contributed by atoms with Crippen LogP contribution in [0.2, 0.25) is 0 Å². The van der Waals surface area contributed by atoms with E-state index in [-0.39, 0.29) is 31.0 Å². The third-order valence-corrected chi connectivity index (χ3v) is 9.12. The number of fused-ring (bicyclic) bond motifs is 1. The van der Waals surface area contributed by atoms with Crippen molar-refractivity contribution in [2.45, 2.75) is 64.1 Å². The maximum absolute atomic E-state index is 14.3. The highest BCUT2D eigenvalue weighted by molar-refractivity contribution is 7.92. The highest BCUT2D eigenvalue weighted by Crippen LogP contribution is 2.36. The monoisotopic (exact) mass is 605 g/mol. The minimum Gasteiger partial charge on any atom is -0.454 e. The first-order valence-electron chi connectivity index (χ1n) is 14.7. The van der Waals surface area contributed by atoms with E-state index in [9.17, 15) is 18.0 Å². The van der Waals surface area contributed by atoms with E-state index >= 15 is 0 Å². The van der Waals surface area contributed by atoms with Gasteiger partial charge in [-0.3, -0.25) is 13.9 Å². The summed E-state index contributed by atoms with van der Waals surface area (Å²) in [5.74, 6) is 0.200. The fourth-order valence-electron chi connectivity index (χ4n) is 5.76. The van der Waals surface area contributed by atoms with Crippen LogP contribution in [0, 0.1) is 6.92 Å². The lowest BCUT2D eigenvalue weighted by molar-refractivity contribution is -0.140. The summed E-state index contributed by atoms with van der Waals surface area (Å²) in [6, 6.07) is 21.3. The first kappa shape index (κ1) is 30.4. The lowest BCUT2D eigenvalue weighted by Gasteiger charge is -2.35.